The number of hydrogen-bond donors (Lipinski definition) is 0. The number of hydrogen-bond acceptors (Lipinski definition) is 5. The molecule has 144 valence electrons. The van der Waals surface area contributed by atoms with Gasteiger partial charge in [-0.25, -0.2) is 4.98 Å². The van der Waals surface area contributed by atoms with Crippen LogP contribution in [-0.2, 0) is 0 Å². The van der Waals surface area contributed by atoms with Gasteiger partial charge < -0.3 is 9.47 Å². The summed E-state index contributed by atoms with van der Waals surface area (Å²) in [6.45, 7) is 5.89. The normalized spacial score (nSPS) is 14.1. The van der Waals surface area contributed by atoms with Gasteiger partial charge >= 0.3 is 0 Å². The van der Waals surface area contributed by atoms with Crippen LogP contribution in [0.15, 0.2) is 30.3 Å². The zero-order valence-electron chi connectivity index (χ0n) is 15.3. The van der Waals surface area contributed by atoms with Crippen molar-refractivity contribution in [2.75, 3.05) is 33.4 Å². The molecule has 0 unspecified atom stereocenters. The van der Waals surface area contributed by atoms with Gasteiger partial charge in [0.1, 0.15) is 18.2 Å². The van der Waals surface area contributed by atoms with Gasteiger partial charge in [0.25, 0.3) is 0 Å². The van der Waals surface area contributed by atoms with Crippen molar-refractivity contribution in [3.05, 3.63) is 36.2 Å². The molecule has 2 aromatic rings. The lowest BCUT2D eigenvalue weighted by molar-refractivity contribution is 0.180. The number of ether oxygens (including phenoxy) is 2. The molecule has 0 N–H and O–H groups in total. The third-order valence-electron chi connectivity index (χ3n) is 4.31. The summed E-state index contributed by atoms with van der Waals surface area (Å²) in [5.41, 5.74) is 1.90. The molecule has 0 bridgehead atoms. The molecule has 0 saturated carbocycles. The molecule has 0 amide bonds. The van der Waals surface area contributed by atoms with Crippen LogP contribution in [0, 0.1) is 6.92 Å². The maximum absolute atomic E-state index is 5.88. The fourth-order valence-corrected chi connectivity index (χ4v) is 2.99. The van der Waals surface area contributed by atoms with E-state index < -0.39 is 0 Å². The van der Waals surface area contributed by atoms with Crippen LogP contribution < -0.4 is 9.47 Å². The summed E-state index contributed by atoms with van der Waals surface area (Å²) < 4.78 is 11.1. The molecule has 2 heterocycles. The molecule has 0 radical (unpaired) electrons. The average Bonchev–Trinajstić information content (AvgIpc) is 2.62. The standard InChI is InChI=1S/C19H25N3O2.2ClH/c1-15-20-18(16-6-8-17(23-2)9-7-16)14-19(21-15)24-13-12-22-10-4-3-5-11-22;;/h6-9,14H,3-5,10-13H2,1-2H3;2*1H. The molecule has 1 aromatic carbocycles. The lowest BCUT2D eigenvalue weighted by Crippen LogP contribution is -2.33. The minimum Gasteiger partial charge on any atom is -0.497 e. The number of rotatable bonds is 6. The Bertz CT molecular complexity index is 662. The summed E-state index contributed by atoms with van der Waals surface area (Å²) in [7, 11) is 1.66. The predicted molar refractivity (Wildman–Crippen MR) is 109 cm³/mol. The Hall–Kier alpha value is -1.56. The van der Waals surface area contributed by atoms with E-state index in [2.05, 4.69) is 14.9 Å². The van der Waals surface area contributed by atoms with Crippen molar-refractivity contribution < 1.29 is 9.47 Å². The predicted octanol–water partition coefficient (Wildman–Crippen LogP) is 4.17. The van der Waals surface area contributed by atoms with Crippen LogP contribution in [0.5, 0.6) is 11.6 Å². The summed E-state index contributed by atoms with van der Waals surface area (Å²) in [5.74, 6) is 2.20. The van der Waals surface area contributed by atoms with Gasteiger partial charge in [0.15, 0.2) is 0 Å². The van der Waals surface area contributed by atoms with Gasteiger partial charge in [0, 0.05) is 18.2 Å². The van der Waals surface area contributed by atoms with E-state index in [9.17, 15) is 0 Å². The van der Waals surface area contributed by atoms with Crippen molar-refractivity contribution in [1.82, 2.24) is 14.9 Å². The molecular weight excluding hydrogens is 373 g/mol. The lowest BCUT2D eigenvalue weighted by Gasteiger charge is -2.26. The first-order valence-corrected chi connectivity index (χ1v) is 8.60. The van der Waals surface area contributed by atoms with E-state index in [-0.39, 0.29) is 24.8 Å². The average molecular weight is 400 g/mol. The van der Waals surface area contributed by atoms with Crippen molar-refractivity contribution in [3.63, 3.8) is 0 Å². The third-order valence-corrected chi connectivity index (χ3v) is 4.31. The van der Waals surface area contributed by atoms with Crippen molar-refractivity contribution >= 4 is 24.8 Å². The second kappa shape index (κ2) is 11.2. The van der Waals surface area contributed by atoms with Crippen molar-refractivity contribution in [2.45, 2.75) is 26.2 Å². The van der Waals surface area contributed by atoms with Crippen LogP contribution in [0.3, 0.4) is 0 Å². The second-order valence-corrected chi connectivity index (χ2v) is 6.12. The molecule has 1 fully saturated rings. The number of aryl methyl sites for hydroxylation is 1. The van der Waals surface area contributed by atoms with Crippen LogP contribution in [0.25, 0.3) is 11.3 Å². The third kappa shape index (κ3) is 6.31. The molecule has 0 aliphatic carbocycles. The van der Waals surface area contributed by atoms with Crippen molar-refractivity contribution in [1.29, 1.82) is 0 Å². The fraction of sp³-hybridized carbons (Fsp3) is 0.474. The molecule has 5 nitrogen and oxygen atoms in total. The Balaban J connectivity index is 0.00000169. The maximum atomic E-state index is 5.88. The van der Waals surface area contributed by atoms with E-state index in [1.807, 2.05) is 37.3 Å². The van der Waals surface area contributed by atoms with Gasteiger partial charge in [-0.05, 0) is 57.1 Å². The number of benzene rings is 1. The van der Waals surface area contributed by atoms with E-state index in [0.717, 1.165) is 29.4 Å². The largest absolute Gasteiger partial charge is 0.497 e. The summed E-state index contributed by atoms with van der Waals surface area (Å²) in [4.78, 5) is 11.4. The number of halogens is 2. The highest BCUT2D eigenvalue weighted by atomic mass is 35.5. The molecule has 1 aliphatic rings. The quantitative estimate of drug-likeness (QED) is 0.729. The van der Waals surface area contributed by atoms with E-state index >= 15 is 0 Å². The Kier molecular flexibility index (Phi) is 9.70. The molecule has 1 saturated heterocycles. The summed E-state index contributed by atoms with van der Waals surface area (Å²) in [5, 5.41) is 0. The molecular formula is C19H27Cl2N3O2. The number of piperidine rings is 1. The molecule has 26 heavy (non-hydrogen) atoms. The smallest absolute Gasteiger partial charge is 0.217 e. The SMILES string of the molecule is COc1ccc(-c2cc(OCCN3CCCCC3)nc(C)n2)cc1.Cl.Cl. The van der Waals surface area contributed by atoms with Gasteiger partial charge in [-0.3, -0.25) is 4.90 Å². The van der Waals surface area contributed by atoms with Crippen LogP contribution >= 0.6 is 24.8 Å². The van der Waals surface area contributed by atoms with E-state index in [4.69, 9.17) is 9.47 Å². The Morgan fingerprint density at radius 2 is 1.69 bits per heavy atom. The Morgan fingerprint density at radius 1 is 1.00 bits per heavy atom. The summed E-state index contributed by atoms with van der Waals surface area (Å²) in [6.07, 6.45) is 3.95. The molecule has 7 heteroatoms. The van der Waals surface area contributed by atoms with Crippen LogP contribution in [-0.4, -0.2) is 48.2 Å². The van der Waals surface area contributed by atoms with E-state index in [0.29, 0.717) is 12.5 Å². The Morgan fingerprint density at radius 3 is 2.35 bits per heavy atom. The molecule has 0 spiro atoms. The highest BCUT2D eigenvalue weighted by molar-refractivity contribution is 5.85. The van der Waals surface area contributed by atoms with E-state index in [1.54, 1.807) is 7.11 Å². The van der Waals surface area contributed by atoms with Crippen molar-refractivity contribution in [3.8, 4) is 22.9 Å². The number of likely N-dealkylation sites (tertiary alicyclic amines) is 1. The van der Waals surface area contributed by atoms with E-state index in [1.165, 1.54) is 32.4 Å². The number of methoxy groups -OCH3 is 1. The number of aromatic nitrogens is 2. The highest BCUT2D eigenvalue weighted by Crippen LogP contribution is 2.23. The summed E-state index contributed by atoms with van der Waals surface area (Å²) in [6, 6.07) is 9.77. The first-order chi connectivity index (χ1) is 11.7. The molecule has 0 atom stereocenters. The monoisotopic (exact) mass is 399 g/mol. The minimum absolute atomic E-state index is 0. The van der Waals surface area contributed by atoms with Gasteiger partial charge in [-0.15, -0.1) is 24.8 Å². The number of nitrogens with zero attached hydrogens (tertiary/aromatic N) is 3. The lowest BCUT2D eigenvalue weighted by atomic mass is 10.1. The molecule has 1 aliphatic heterocycles. The highest BCUT2D eigenvalue weighted by Gasteiger charge is 2.10. The topological polar surface area (TPSA) is 47.5 Å². The van der Waals surface area contributed by atoms with Crippen LogP contribution in [0.2, 0.25) is 0 Å². The first kappa shape index (κ1) is 22.5. The second-order valence-electron chi connectivity index (χ2n) is 6.12. The van der Waals surface area contributed by atoms with Gasteiger partial charge in [-0.1, -0.05) is 6.42 Å². The van der Waals surface area contributed by atoms with Gasteiger partial charge in [0.2, 0.25) is 5.88 Å². The first-order valence-electron chi connectivity index (χ1n) is 8.60. The molecule has 1 aromatic heterocycles. The maximum Gasteiger partial charge on any atom is 0.217 e. The Labute approximate surface area is 167 Å². The van der Waals surface area contributed by atoms with Gasteiger partial charge in [0.05, 0.1) is 12.8 Å². The van der Waals surface area contributed by atoms with Crippen LogP contribution in [0.1, 0.15) is 25.1 Å². The van der Waals surface area contributed by atoms with Crippen molar-refractivity contribution in [2.24, 2.45) is 0 Å². The molecule has 3 rings (SSSR count). The zero-order chi connectivity index (χ0) is 16.8. The van der Waals surface area contributed by atoms with Gasteiger partial charge in [-0.2, -0.15) is 4.98 Å². The zero-order valence-corrected chi connectivity index (χ0v) is 16.9. The minimum atomic E-state index is 0. The fourth-order valence-electron chi connectivity index (χ4n) is 2.99. The summed E-state index contributed by atoms with van der Waals surface area (Å²) >= 11 is 0. The van der Waals surface area contributed by atoms with Crippen LogP contribution in [0.4, 0.5) is 0 Å².